The van der Waals surface area contributed by atoms with Gasteiger partial charge in [0.15, 0.2) is 0 Å². The van der Waals surface area contributed by atoms with E-state index in [9.17, 15) is 4.79 Å². The summed E-state index contributed by atoms with van der Waals surface area (Å²) in [5.41, 5.74) is 7.10. The Labute approximate surface area is 106 Å². The molecule has 0 saturated carbocycles. The van der Waals surface area contributed by atoms with Crippen LogP contribution in [-0.2, 0) is 4.79 Å². The lowest BCUT2D eigenvalue weighted by molar-refractivity contribution is -0.117. The van der Waals surface area contributed by atoms with Crippen molar-refractivity contribution in [2.24, 2.45) is 5.73 Å². The van der Waals surface area contributed by atoms with Crippen molar-refractivity contribution in [3.05, 3.63) is 22.7 Å². The summed E-state index contributed by atoms with van der Waals surface area (Å²) in [6.07, 6.45) is 0.584. The van der Waals surface area contributed by atoms with Crippen LogP contribution in [0.5, 0.6) is 5.75 Å². The van der Waals surface area contributed by atoms with Gasteiger partial charge in [-0.05, 0) is 25.0 Å². The summed E-state index contributed by atoms with van der Waals surface area (Å²) < 4.78 is 5.16. The minimum absolute atomic E-state index is 0.229. The van der Waals surface area contributed by atoms with Crippen molar-refractivity contribution in [2.75, 3.05) is 12.4 Å². The minimum atomic E-state index is -0.518. The Morgan fingerprint density at radius 3 is 2.76 bits per heavy atom. The van der Waals surface area contributed by atoms with Crippen molar-refractivity contribution in [1.82, 2.24) is 0 Å². The first-order valence-electron chi connectivity index (χ1n) is 5.40. The number of halogens is 1. The lowest BCUT2D eigenvalue weighted by Gasteiger charge is -2.14. The SMILES string of the molecule is CC[C@H](N)C(=O)Nc1cc(C)c(Cl)cc1OC. The Hall–Kier alpha value is -1.26. The molecule has 17 heavy (non-hydrogen) atoms. The molecule has 0 fully saturated rings. The Kier molecular flexibility index (Phi) is 4.78. The third kappa shape index (κ3) is 3.35. The number of aryl methyl sites for hydroxylation is 1. The van der Waals surface area contributed by atoms with E-state index in [0.29, 0.717) is 22.9 Å². The maximum absolute atomic E-state index is 11.7. The molecule has 1 aromatic carbocycles. The molecule has 0 bridgehead atoms. The monoisotopic (exact) mass is 256 g/mol. The first-order chi connectivity index (χ1) is 7.99. The second-order valence-electron chi connectivity index (χ2n) is 3.81. The number of anilines is 1. The van der Waals surface area contributed by atoms with Gasteiger partial charge in [0, 0.05) is 11.1 Å². The van der Waals surface area contributed by atoms with Gasteiger partial charge in [0.2, 0.25) is 5.91 Å². The molecule has 0 aliphatic heterocycles. The lowest BCUT2D eigenvalue weighted by Crippen LogP contribution is -2.34. The predicted octanol–water partition coefficient (Wildman–Crippen LogP) is 2.33. The van der Waals surface area contributed by atoms with Crippen LogP contribution in [0, 0.1) is 6.92 Å². The molecule has 0 unspecified atom stereocenters. The molecule has 0 spiro atoms. The largest absolute Gasteiger partial charge is 0.495 e. The molecule has 1 rings (SSSR count). The van der Waals surface area contributed by atoms with Gasteiger partial charge in [0.1, 0.15) is 5.75 Å². The third-order valence-electron chi connectivity index (χ3n) is 2.52. The number of carbonyl (C=O) groups excluding carboxylic acids is 1. The van der Waals surface area contributed by atoms with Crippen LogP contribution in [0.1, 0.15) is 18.9 Å². The van der Waals surface area contributed by atoms with E-state index in [-0.39, 0.29) is 5.91 Å². The van der Waals surface area contributed by atoms with Crippen LogP contribution in [0.2, 0.25) is 5.02 Å². The highest BCUT2D eigenvalue weighted by atomic mass is 35.5. The number of amides is 1. The number of benzene rings is 1. The standard InChI is InChI=1S/C12H17ClN2O2/c1-4-9(14)12(16)15-10-5-7(2)8(13)6-11(10)17-3/h5-6,9H,4,14H2,1-3H3,(H,15,16)/t9-/m0/s1. The van der Waals surface area contributed by atoms with Gasteiger partial charge in [-0.25, -0.2) is 0 Å². The smallest absolute Gasteiger partial charge is 0.241 e. The molecule has 3 N–H and O–H groups in total. The summed E-state index contributed by atoms with van der Waals surface area (Å²) in [6, 6.07) is 2.92. The van der Waals surface area contributed by atoms with Gasteiger partial charge < -0.3 is 15.8 Å². The highest BCUT2D eigenvalue weighted by Crippen LogP contribution is 2.30. The molecule has 0 heterocycles. The number of rotatable bonds is 4. The zero-order valence-corrected chi connectivity index (χ0v) is 11.0. The Balaban J connectivity index is 2.97. The average Bonchev–Trinajstić information content (AvgIpc) is 2.32. The third-order valence-corrected chi connectivity index (χ3v) is 2.92. The molecule has 0 radical (unpaired) electrons. The van der Waals surface area contributed by atoms with Crippen molar-refractivity contribution in [3.8, 4) is 5.75 Å². The van der Waals surface area contributed by atoms with Gasteiger partial charge in [-0.1, -0.05) is 18.5 Å². The predicted molar refractivity (Wildman–Crippen MR) is 69.6 cm³/mol. The quantitative estimate of drug-likeness (QED) is 0.869. The summed E-state index contributed by atoms with van der Waals surface area (Å²) in [4.78, 5) is 11.7. The number of carbonyl (C=O) groups is 1. The Morgan fingerprint density at radius 2 is 2.24 bits per heavy atom. The fourth-order valence-corrected chi connectivity index (χ4v) is 1.49. The van der Waals surface area contributed by atoms with Gasteiger partial charge in [0.25, 0.3) is 0 Å². The number of nitrogens with one attached hydrogen (secondary N) is 1. The van der Waals surface area contributed by atoms with Crippen LogP contribution in [0.3, 0.4) is 0 Å². The Morgan fingerprint density at radius 1 is 1.59 bits per heavy atom. The van der Waals surface area contributed by atoms with Crippen LogP contribution in [0.15, 0.2) is 12.1 Å². The second-order valence-corrected chi connectivity index (χ2v) is 4.21. The highest BCUT2D eigenvalue weighted by Gasteiger charge is 2.14. The van der Waals surface area contributed by atoms with Crippen LogP contribution in [0.25, 0.3) is 0 Å². The molecule has 0 aliphatic rings. The van der Waals surface area contributed by atoms with Gasteiger partial charge in [-0.3, -0.25) is 4.79 Å². The number of nitrogens with two attached hydrogens (primary N) is 1. The fraction of sp³-hybridized carbons (Fsp3) is 0.417. The Bertz CT molecular complexity index is 421. The maximum atomic E-state index is 11.7. The van der Waals surface area contributed by atoms with Gasteiger partial charge in [-0.15, -0.1) is 0 Å². The van der Waals surface area contributed by atoms with E-state index in [1.54, 1.807) is 12.1 Å². The molecule has 1 amide bonds. The van der Waals surface area contributed by atoms with Crippen molar-refractivity contribution in [2.45, 2.75) is 26.3 Å². The average molecular weight is 257 g/mol. The molecule has 5 heteroatoms. The zero-order chi connectivity index (χ0) is 13.0. The number of ether oxygens (including phenoxy) is 1. The van der Waals surface area contributed by atoms with E-state index in [2.05, 4.69) is 5.32 Å². The first-order valence-corrected chi connectivity index (χ1v) is 5.78. The minimum Gasteiger partial charge on any atom is -0.495 e. The molecule has 1 aromatic rings. The van der Waals surface area contributed by atoms with Crippen LogP contribution >= 0.6 is 11.6 Å². The first kappa shape index (κ1) is 13.8. The summed E-state index contributed by atoms with van der Waals surface area (Å²) >= 11 is 5.97. The molecular weight excluding hydrogens is 240 g/mol. The summed E-state index contributed by atoms with van der Waals surface area (Å²) in [7, 11) is 1.52. The van der Waals surface area contributed by atoms with Crippen LogP contribution in [-0.4, -0.2) is 19.1 Å². The van der Waals surface area contributed by atoms with E-state index >= 15 is 0 Å². The maximum Gasteiger partial charge on any atom is 0.241 e. The zero-order valence-electron chi connectivity index (χ0n) is 10.2. The van der Waals surface area contributed by atoms with Crippen molar-refractivity contribution < 1.29 is 9.53 Å². The van der Waals surface area contributed by atoms with Crippen LogP contribution in [0.4, 0.5) is 5.69 Å². The van der Waals surface area contributed by atoms with Crippen LogP contribution < -0.4 is 15.8 Å². The van der Waals surface area contributed by atoms with Gasteiger partial charge in [0.05, 0.1) is 18.8 Å². The topological polar surface area (TPSA) is 64.4 Å². The van der Waals surface area contributed by atoms with Crippen molar-refractivity contribution in [1.29, 1.82) is 0 Å². The summed E-state index contributed by atoms with van der Waals surface area (Å²) in [5.74, 6) is 0.296. The fourth-order valence-electron chi connectivity index (χ4n) is 1.34. The number of methoxy groups -OCH3 is 1. The molecular formula is C12H17ClN2O2. The number of hydrogen-bond donors (Lipinski definition) is 2. The summed E-state index contributed by atoms with van der Waals surface area (Å²) in [6.45, 7) is 3.71. The van der Waals surface area contributed by atoms with E-state index in [4.69, 9.17) is 22.1 Å². The van der Waals surface area contributed by atoms with Gasteiger partial charge in [-0.2, -0.15) is 0 Å². The molecule has 0 aliphatic carbocycles. The lowest BCUT2D eigenvalue weighted by atomic mass is 10.2. The summed E-state index contributed by atoms with van der Waals surface area (Å²) in [5, 5.41) is 3.33. The molecule has 0 aromatic heterocycles. The normalized spacial score (nSPS) is 12.1. The highest BCUT2D eigenvalue weighted by molar-refractivity contribution is 6.31. The van der Waals surface area contributed by atoms with E-state index in [0.717, 1.165) is 5.56 Å². The van der Waals surface area contributed by atoms with Gasteiger partial charge >= 0.3 is 0 Å². The van der Waals surface area contributed by atoms with Crippen molar-refractivity contribution >= 4 is 23.2 Å². The second kappa shape index (κ2) is 5.89. The molecule has 94 valence electrons. The van der Waals surface area contributed by atoms with E-state index < -0.39 is 6.04 Å². The van der Waals surface area contributed by atoms with E-state index in [1.165, 1.54) is 7.11 Å². The molecule has 4 nitrogen and oxygen atoms in total. The number of hydrogen-bond acceptors (Lipinski definition) is 3. The van der Waals surface area contributed by atoms with E-state index in [1.807, 2.05) is 13.8 Å². The molecule has 0 saturated heterocycles. The van der Waals surface area contributed by atoms with Crippen molar-refractivity contribution in [3.63, 3.8) is 0 Å². The molecule has 1 atom stereocenters.